The molecule has 1 saturated heterocycles. The summed E-state index contributed by atoms with van der Waals surface area (Å²) < 4.78 is 1.20. The molecule has 1 saturated carbocycles. The molecule has 0 amide bonds. The fourth-order valence-electron chi connectivity index (χ4n) is 3.31. The molecule has 0 radical (unpaired) electrons. The number of piperidine rings is 1. The summed E-state index contributed by atoms with van der Waals surface area (Å²) in [6.07, 6.45) is 2.74. The van der Waals surface area contributed by atoms with Gasteiger partial charge in [-0.25, -0.2) is 4.98 Å². The Balaban J connectivity index is 1.68. The molecule has 0 bridgehead atoms. The third kappa shape index (κ3) is 1.50. The van der Waals surface area contributed by atoms with Gasteiger partial charge in [-0.3, -0.25) is 0 Å². The molecule has 4 rings (SSSR count). The molecule has 0 N–H and O–H groups in total. The molecule has 1 aromatic carbocycles. The van der Waals surface area contributed by atoms with Gasteiger partial charge in [0.05, 0.1) is 10.2 Å². The molecular formula is C14H15ClN2S. The van der Waals surface area contributed by atoms with Gasteiger partial charge in [0.1, 0.15) is 0 Å². The van der Waals surface area contributed by atoms with Crippen LogP contribution in [0.25, 0.3) is 10.2 Å². The maximum Gasteiger partial charge on any atom is 0.186 e. The minimum absolute atomic E-state index is 0.621. The molecule has 2 aliphatic rings. The van der Waals surface area contributed by atoms with Gasteiger partial charge >= 0.3 is 0 Å². The van der Waals surface area contributed by atoms with Crippen molar-refractivity contribution in [2.24, 2.45) is 11.3 Å². The number of hydrogen-bond donors (Lipinski definition) is 0. The molecule has 4 heteroatoms. The van der Waals surface area contributed by atoms with Gasteiger partial charge in [0.2, 0.25) is 0 Å². The van der Waals surface area contributed by atoms with Crippen LogP contribution in [0, 0.1) is 11.3 Å². The van der Waals surface area contributed by atoms with Gasteiger partial charge in [-0.2, -0.15) is 0 Å². The monoisotopic (exact) mass is 278 g/mol. The zero-order chi connectivity index (χ0) is 12.3. The first-order valence-corrected chi connectivity index (χ1v) is 7.71. The number of aromatic nitrogens is 1. The number of halogens is 1. The van der Waals surface area contributed by atoms with Crippen LogP contribution in [0.2, 0.25) is 5.02 Å². The highest BCUT2D eigenvalue weighted by molar-refractivity contribution is 7.22. The van der Waals surface area contributed by atoms with Gasteiger partial charge in [0, 0.05) is 18.1 Å². The minimum atomic E-state index is 0.621. The average molecular weight is 279 g/mol. The van der Waals surface area contributed by atoms with E-state index in [-0.39, 0.29) is 0 Å². The van der Waals surface area contributed by atoms with Gasteiger partial charge in [-0.1, -0.05) is 29.9 Å². The Morgan fingerprint density at radius 2 is 2.44 bits per heavy atom. The smallest absolute Gasteiger partial charge is 0.186 e. The molecule has 1 aliphatic carbocycles. The van der Waals surface area contributed by atoms with E-state index in [9.17, 15) is 0 Å². The van der Waals surface area contributed by atoms with Crippen LogP contribution in [0.1, 0.15) is 19.8 Å². The summed E-state index contributed by atoms with van der Waals surface area (Å²) in [5, 5.41) is 1.97. The number of nitrogens with zero attached hydrogens (tertiary/aromatic N) is 2. The first kappa shape index (κ1) is 11.1. The summed E-state index contributed by atoms with van der Waals surface area (Å²) in [4.78, 5) is 7.21. The number of benzene rings is 1. The zero-order valence-corrected chi connectivity index (χ0v) is 11.9. The molecule has 2 nitrogen and oxygen atoms in total. The molecule has 2 unspecified atom stereocenters. The topological polar surface area (TPSA) is 16.1 Å². The van der Waals surface area contributed by atoms with E-state index >= 15 is 0 Å². The summed E-state index contributed by atoms with van der Waals surface area (Å²) in [7, 11) is 0. The number of thiazole rings is 1. The summed E-state index contributed by atoms with van der Waals surface area (Å²) in [5.41, 5.74) is 1.70. The highest BCUT2D eigenvalue weighted by Gasteiger charge is 2.58. The van der Waals surface area contributed by atoms with Gasteiger partial charge in [-0.15, -0.1) is 0 Å². The predicted molar refractivity (Wildman–Crippen MR) is 77.7 cm³/mol. The van der Waals surface area contributed by atoms with Crippen LogP contribution in [0.5, 0.6) is 0 Å². The van der Waals surface area contributed by atoms with E-state index < -0.39 is 0 Å². The van der Waals surface area contributed by atoms with E-state index in [0.717, 1.165) is 16.5 Å². The Kier molecular flexibility index (Phi) is 2.22. The Labute approximate surface area is 116 Å². The fourth-order valence-corrected chi connectivity index (χ4v) is 4.56. The standard InChI is InChI=1S/C14H15ClN2S/c1-2-14-6-9(14)7-17(8-14)13-16-11-4-3-10(15)5-12(11)18-13/h3-5,9H,2,6-8H2,1H3. The lowest BCUT2D eigenvalue weighted by molar-refractivity contribution is 0.509. The number of hydrogen-bond acceptors (Lipinski definition) is 3. The molecule has 2 aromatic rings. The maximum atomic E-state index is 6.03. The summed E-state index contributed by atoms with van der Waals surface area (Å²) in [6, 6.07) is 5.96. The predicted octanol–water partition coefficient (Wildman–Crippen LogP) is 4.19. The van der Waals surface area contributed by atoms with Gasteiger partial charge < -0.3 is 4.90 Å². The molecule has 1 aliphatic heterocycles. The number of anilines is 1. The Morgan fingerprint density at radius 1 is 1.56 bits per heavy atom. The van der Waals surface area contributed by atoms with E-state index in [4.69, 9.17) is 16.6 Å². The lowest BCUT2D eigenvalue weighted by Crippen LogP contribution is -2.24. The fraction of sp³-hybridized carbons (Fsp3) is 0.500. The Hall–Kier alpha value is -0.800. The van der Waals surface area contributed by atoms with Crippen molar-refractivity contribution in [3.05, 3.63) is 23.2 Å². The quantitative estimate of drug-likeness (QED) is 0.819. The maximum absolute atomic E-state index is 6.03. The second kappa shape index (κ2) is 3.61. The van der Waals surface area contributed by atoms with Crippen molar-refractivity contribution >= 4 is 38.3 Å². The molecule has 2 fully saturated rings. The third-order valence-electron chi connectivity index (χ3n) is 4.62. The Bertz CT molecular complexity index is 619. The normalized spacial score (nSPS) is 29.9. The zero-order valence-electron chi connectivity index (χ0n) is 10.3. The van der Waals surface area contributed by atoms with E-state index in [0.29, 0.717) is 5.41 Å². The van der Waals surface area contributed by atoms with Crippen molar-refractivity contribution < 1.29 is 0 Å². The van der Waals surface area contributed by atoms with Crippen molar-refractivity contribution in [3.63, 3.8) is 0 Å². The highest BCUT2D eigenvalue weighted by atomic mass is 35.5. The number of rotatable bonds is 2. The van der Waals surface area contributed by atoms with Gasteiger partial charge in [-0.05, 0) is 42.4 Å². The average Bonchev–Trinajstić information content (AvgIpc) is 2.75. The van der Waals surface area contributed by atoms with Crippen molar-refractivity contribution in [1.29, 1.82) is 0 Å². The second-order valence-corrected chi connectivity index (χ2v) is 7.05. The summed E-state index contributed by atoms with van der Waals surface area (Å²) >= 11 is 7.80. The van der Waals surface area contributed by atoms with Crippen LogP contribution < -0.4 is 4.90 Å². The molecule has 18 heavy (non-hydrogen) atoms. The van der Waals surface area contributed by atoms with Crippen LogP contribution in [-0.2, 0) is 0 Å². The van der Waals surface area contributed by atoms with E-state index in [2.05, 4.69) is 11.8 Å². The lowest BCUT2D eigenvalue weighted by Gasteiger charge is -2.19. The van der Waals surface area contributed by atoms with Crippen LogP contribution >= 0.6 is 22.9 Å². The molecule has 0 spiro atoms. The minimum Gasteiger partial charge on any atom is -0.347 e. The van der Waals surface area contributed by atoms with Gasteiger partial charge in [0.25, 0.3) is 0 Å². The molecule has 2 heterocycles. The molecular weight excluding hydrogens is 264 g/mol. The first-order chi connectivity index (χ1) is 8.70. The molecule has 2 atom stereocenters. The SMILES string of the molecule is CCC12CC1CN(c1nc3ccc(Cl)cc3s1)C2. The number of fused-ring (bicyclic) bond motifs is 2. The third-order valence-corrected chi connectivity index (χ3v) is 5.93. The van der Waals surface area contributed by atoms with E-state index in [1.54, 1.807) is 11.3 Å². The van der Waals surface area contributed by atoms with Crippen LogP contribution in [0.15, 0.2) is 18.2 Å². The first-order valence-electron chi connectivity index (χ1n) is 6.51. The van der Waals surface area contributed by atoms with Crippen LogP contribution in [0.3, 0.4) is 0 Å². The van der Waals surface area contributed by atoms with Crippen LogP contribution in [-0.4, -0.2) is 18.1 Å². The summed E-state index contributed by atoms with van der Waals surface area (Å²) in [6.45, 7) is 4.71. The Morgan fingerprint density at radius 3 is 3.22 bits per heavy atom. The van der Waals surface area contributed by atoms with Crippen molar-refractivity contribution in [1.82, 2.24) is 4.98 Å². The van der Waals surface area contributed by atoms with Gasteiger partial charge in [0.15, 0.2) is 5.13 Å². The molecule has 94 valence electrons. The van der Waals surface area contributed by atoms with Crippen molar-refractivity contribution in [2.75, 3.05) is 18.0 Å². The highest BCUT2D eigenvalue weighted by Crippen LogP contribution is 2.60. The lowest BCUT2D eigenvalue weighted by atomic mass is 10.0. The van der Waals surface area contributed by atoms with Crippen LogP contribution in [0.4, 0.5) is 5.13 Å². The second-order valence-electron chi connectivity index (χ2n) is 5.61. The largest absolute Gasteiger partial charge is 0.347 e. The van der Waals surface area contributed by atoms with E-state index in [1.807, 2.05) is 18.2 Å². The van der Waals surface area contributed by atoms with Crippen molar-refractivity contribution in [3.8, 4) is 0 Å². The summed E-state index contributed by atoms with van der Waals surface area (Å²) in [5.74, 6) is 0.915. The van der Waals surface area contributed by atoms with Crippen molar-refractivity contribution in [2.45, 2.75) is 19.8 Å². The molecule has 1 aromatic heterocycles. The van der Waals surface area contributed by atoms with E-state index in [1.165, 1.54) is 35.8 Å².